The summed E-state index contributed by atoms with van der Waals surface area (Å²) in [6, 6.07) is 13.1. The standard InChI is InChI=1S/C18H22N2OS/c1-3-22-13-16-12-21-18(19-16)17-5-4-10-20(17)11-15-8-6-14(2)7-9-15/h4-10,16H,3,11-13H2,1-2H3/t16-/m1/s1. The summed E-state index contributed by atoms with van der Waals surface area (Å²) < 4.78 is 8.03. The second kappa shape index (κ2) is 7.05. The van der Waals surface area contributed by atoms with Gasteiger partial charge in [-0.05, 0) is 30.4 Å². The van der Waals surface area contributed by atoms with Crippen molar-refractivity contribution >= 4 is 17.7 Å². The van der Waals surface area contributed by atoms with E-state index < -0.39 is 0 Å². The van der Waals surface area contributed by atoms with Gasteiger partial charge in [0.15, 0.2) is 0 Å². The summed E-state index contributed by atoms with van der Waals surface area (Å²) in [5, 5.41) is 0. The van der Waals surface area contributed by atoms with Gasteiger partial charge in [-0.3, -0.25) is 0 Å². The van der Waals surface area contributed by atoms with Crippen molar-refractivity contribution in [2.45, 2.75) is 26.4 Å². The first-order valence-corrected chi connectivity index (χ1v) is 8.91. The Morgan fingerprint density at radius 2 is 2.09 bits per heavy atom. The zero-order valence-corrected chi connectivity index (χ0v) is 14.0. The van der Waals surface area contributed by atoms with Gasteiger partial charge in [-0.1, -0.05) is 36.8 Å². The van der Waals surface area contributed by atoms with Gasteiger partial charge in [-0.15, -0.1) is 0 Å². The molecule has 0 saturated heterocycles. The Morgan fingerprint density at radius 1 is 1.27 bits per heavy atom. The van der Waals surface area contributed by atoms with Crippen LogP contribution in [0.2, 0.25) is 0 Å². The Balaban J connectivity index is 1.73. The van der Waals surface area contributed by atoms with Crippen molar-refractivity contribution in [2.24, 2.45) is 4.99 Å². The van der Waals surface area contributed by atoms with E-state index >= 15 is 0 Å². The molecule has 2 heterocycles. The van der Waals surface area contributed by atoms with Crippen LogP contribution in [0.5, 0.6) is 0 Å². The zero-order chi connectivity index (χ0) is 15.4. The summed E-state index contributed by atoms with van der Waals surface area (Å²) in [5.41, 5.74) is 3.65. The van der Waals surface area contributed by atoms with Crippen LogP contribution >= 0.6 is 11.8 Å². The quantitative estimate of drug-likeness (QED) is 0.812. The van der Waals surface area contributed by atoms with Crippen LogP contribution in [-0.2, 0) is 11.3 Å². The average molecular weight is 314 g/mol. The molecule has 0 N–H and O–H groups in total. The Labute approximate surface area is 136 Å². The van der Waals surface area contributed by atoms with Crippen molar-refractivity contribution in [1.82, 2.24) is 4.57 Å². The molecule has 1 atom stereocenters. The van der Waals surface area contributed by atoms with Crippen LogP contribution < -0.4 is 0 Å². The molecule has 4 heteroatoms. The normalized spacial score (nSPS) is 17.4. The van der Waals surface area contributed by atoms with E-state index in [1.807, 2.05) is 11.8 Å². The first kappa shape index (κ1) is 15.2. The second-order valence-electron chi connectivity index (χ2n) is 5.57. The van der Waals surface area contributed by atoms with Crippen molar-refractivity contribution in [1.29, 1.82) is 0 Å². The SMILES string of the molecule is CCSC[C@H]1COC(c2cccn2Cc2ccc(C)cc2)=N1. The Morgan fingerprint density at radius 3 is 2.86 bits per heavy atom. The molecule has 0 spiro atoms. The van der Waals surface area contributed by atoms with Crippen LogP contribution in [0.1, 0.15) is 23.7 Å². The summed E-state index contributed by atoms with van der Waals surface area (Å²) in [7, 11) is 0. The van der Waals surface area contributed by atoms with Crippen molar-refractivity contribution in [3.05, 3.63) is 59.4 Å². The number of hydrogen-bond acceptors (Lipinski definition) is 3. The van der Waals surface area contributed by atoms with E-state index in [1.54, 1.807) is 0 Å². The van der Waals surface area contributed by atoms with E-state index in [9.17, 15) is 0 Å². The molecule has 3 rings (SSSR count). The van der Waals surface area contributed by atoms with Crippen molar-refractivity contribution < 1.29 is 4.74 Å². The number of aryl methyl sites for hydroxylation is 1. The van der Waals surface area contributed by atoms with Crippen LogP contribution in [-0.4, -0.2) is 34.6 Å². The molecule has 1 aliphatic rings. The molecule has 0 bridgehead atoms. The number of aromatic nitrogens is 1. The third-order valence-electron chi connectivity index (χ3n) is 3.75. The van der Waals surface area contributed by atoms with Gasteiger partial charge in [0.25, 0.3) is 0 Å². The van der Waals surface area contributed by atoms with E-state index in [0.29, 0.717) is 12.6 Å². The van der Waals surface area contributed by atoms with E-state index in [0.717, 1.165) is 29.6 Å². The number of aliphatic imine (C=N–C) groups is 1. The smallest absolute Gasteiger partial charge is 0.233 e. The number of benzene rings is 1. The molecule has 0 amide bonds. The van der Waals surface area contributed by atoms with Crippen LogP contribution in [0.15, 0.2) is 47.6 Å². The molecule has 1 aromatic carbocycles. The van der Waals surface area contributed by atoms with Crippen LogP contribution in [0.25, 0.3) is 0 Å². The van der Waals surface area contributed by atoms with E-state index in [4.69, 9.17) is 9.73 Å². The fraction of sp³-hybridized carbons (Fsp3) is 0.389. The van der Waals surface area contributed by atoms with Gasteiger partial charge in [0.05, 0.1) is 6.04 Å². The number of ether oxygens (including phenoxy) is 1. The highest BCUT2D eigenvalue weighted by Gasteiger charge is 2.21. The summed E-state index contributed by atoms with van der Waals surface area (Å²) in [6.07, 6.45) is 2.09. The predicted octanol–water partition coefficient (Wildman–Crippen LogP) is 3.74. The van der Waals surface area contributed by atoms with E-state index in [-0.39, 0.29) is 0 Å². The fourth-order valence-electron chi connectivity index (χ4n) is 2.53. The molecule has 1 aliphatic heterocycles. The van der Waals surface area contributed by atoms with Crippen molar-refractivity contribution in [3.8, 4) is 0 Å². The highest BCUT2D eigenvalue weighted by Crippen LogP contribution is 2.17. The number of rotatable bonds is 6. The molecule has 0 unspecified atom stereocenters. The molecule has 1 aromatic heterocycles. The first-order chi connectivity index (χ1) is 10.8. The number of nitrogens with zero attached hydrogens (tertiary/aromatic N) is 2. The maximum absolute atomic E-state index is 5.82. The molecule has 116 valence electrons. The van der Waals surface area contributed by atoms with E-state index in [2.05, 4.69) is 61.0 Å². The summed E-state index contributed by atoms with van der Waals surface area (Å²) in [4.78, 5) is 4.74. The lowest BCUT2D eigenvalue weighted by atomic mass is 10.1. The molecule has 0 fully saturated rings. The van der Waals surface area contributed by atoms with Crippen molar-refractivity contribution in [2.75, 3.05) is 18.1 Å². The maximum atomic E-state index is 5.82. The summed E-state index contributed by atoms with van der Waals surface area (Å²) in [5.74, 6) is 2.96. The fourth-order valence-corrected chi connectivity index (χ4v) is 3.21. The number of thioether (sulfide) groups is 1. The zero-order valence-electron chi connectivity index (χ0n) is 13.2. The van der Waals surface area contributed by atoms with Gasteiger partial charge >= 0.3 is 0 Å². The number of hydrogen-bond donors (Lipinski definition) is 0. The van der Waals surface area contributed by atoms with Crippen molar-refractivity contribution in [3.63, 3.8) is 0 Å². The largest absolute Gasteiger partial charge is 0.474 e. The Hall–Kier alpha value is -1.68. The predicted molar refractivity (Wildman–Crippen MR) is 94.0 cm³/mol. The molecular formula is C18H22N2OS. The lowest BCUT2D eigenvalue weighted by Gasteiger charge is -2.09. The molecule has 0 radical (unpaired) electrons. The van der Waals surface area contributed by atoms with Gasteiger partial charge in [0.2, 0.25) is 5.90 Å². The molecular weight excluding hydrogens is 292 g/mol. The Kier molecular flexibility index (Phi) is 4.88. The van der Waals surface area contributed by atoms with Crippen LogP contribution in [0, 0.1) is 6.92 Å². The van der Waals surface area contributed by atoms with E-state index in [1.165, 1.54) is 11.1 Å². The minimum atomic E-state index is 0.294. The maximum Gasteiger partial charge on any atom is 0.233 e. The minimum Gasteiger partial charge on any atom is -0.474 e. The highest BCUT2D eigenvalue weighted by atomic mass is 32.2. The first-order valence-electron chi connectivity index (χ1n) is 7.75. The third-order valence-corrected chi connectivity index (χ3v) is 4.78. The Bertz CT molecular complexity index is 645. The van der Waals surface area contributed by atoms with Gasteiger partial charge in [-0.2, -0.15) is 11.8 Å². The van der Waals surface area contributed by atoms with Crippen LogP contribution in [0.3, 0.4) is 0 Å². The van der Waals surface area contributed by atoms with Gasteiger partial charge in [0.1, 0.15) is 12.3 Å². The van der Waals surface area contributed by atoms with Gasteiger partial charge < -0.3 is 9.30 Å². The molecule has 0 saturated carbocycles. The van der Waals surface area contributed by atoms with Gasteiger partial charge in [0, 0.05) is 18.5 Å². The topological polar surface area (TPSA) is 26.5 Å². The van der Waals surface area contributed by atoms with Gasteiger partial charge in [-0.25, -0.2) is 4.99 Å². The summed E-state index contributed by atoms with van der Waals surface area (Å²) >= 11 is 1.92. The molecule has 0 aliphatic carbocycles. The monoisotopic (exact) mass is 314 g/mol. The lowest BCUT2D eigenvalue weighted by molar-refractivity contribution is 0.323. The lowest BCUT2D eigenvalue weighted by Crippen LogP contribution is -2.11. The third kappa shape index (κ3) is 3.55. The molecule has 22 heavy (non-hydrogen) atoms. The molecule has 2 aromatic rings. The summed E-state index contributed by atoms with van der Waals surface area (Å²) in [6.45, 7) is 5.84. The highest BCUT2D eigenvalue weighted by molar-refractivity contribution is 7.99. The molecule has 3 nitrogen and oxygen atoms in total. The van der Waals surface area contributed by atoms with Crippen LogP contribution in [0.4, 0.5) is 0 Å². The minimum absolute atomic E-state index is 0.294. The second-order valence-corrected chi connectivity index (χ2v) is 6.88. The average Bonchev–Trinajstić information content (AvgIpc) is 3.16.